The third-order valence-electron chi connectivity index (χ3n) is 3.52. The zero-order valence-electron chi connectivity index (χ0n) is 13.0. The van der Waals surface area contributed by atoms with Gasteiger partial charge in [0.15, 0.2) is 5.82 Å². The van der Waals surface area contributed by atoms with E-state index >= 15 is 0 Å². The van der Waals surface area contributed by atoms with Gasteiger partial charge >= 0.3 is 0 Å². The molecule has 0 fully saturated rings. The van der Waals surface area contributed by atoms with Gasteiger partial charge in [-0.2, -0.15) is 10.2 Å². The van der Waals surface area contributed by atoms with Crippen molar-refractivity contribution in [2.75, 3.05) is 5.32 Å². The van der Waals surface area contributed by atoms with Crippen LogP contribution in [-0.2, 0) is 4.79 Å². The second-order valence-corrected chi connectivity index (χ2v) is 5.22. The highest BCUT2D eigenvalue weighted by Crippen LogP contribution is 2.21. The Morgan fingerprint density at radius 2 is 2.26 bits per heavy atom. The lowest BCUT2D eigenvalue weighted by Crippen LogP contribution is -2.25. The van der Waals surface area contributed by atoms with E-state index in [0.29, 0.717) is 17.9 Å². The first kappa shape index (κ1) is 15.0. The first-order valence-corrected chi connectivity index (χ1v) is 7.47. The van der Waals surface area contributed by atoms with Crippen molar-refractivity contribution in [3.8, 4) is 11.4 Å². The molecule has 2 N–H and O–H groups in total. The molecule has 7 heteroatoms. The van der Waals surface area contributed by atoms with Gasteiger partial charge in [0, 0.05) is 23.6 Å². The lowest BCUT2D eigenvalue weighted by molar-refractivity contribution is -0.119. The number of nitrogens with one attached hydrogen (secondary N) is 2. The number of hydrogen-bond donors (Lipinski definition) is 2. The molecular weight excluding hydrogens is 292 g/mol. The van der Waals surface area contributed by atoms with E-state index in [2.05, 4.69) is 25.6 Å². The average molecular weight is 310 g/mol. The number of nitrogens with zero attached hydrogens (tertiary/aromatic N) is 4. The molecule has 0 bridgehead atoms. The molecule has 7 nitrogen and oxygen atoms in total. The van der Waals surface area contributed by atoms with E-state index in [1.165, 1.54) is 0 Å². The number of anilines is 1. The maximum Gasteiger partial charge on any atom is 0.249 e. The van der Waals surface area contributed by atoms with Crippen LogP contribution in [0.3, 0.4) is 0 Å². The topological polar surface area (TPSA) is 88.5 Å². The Labute approximate surface area is 133 Å². The van der Waals surface area contributed by atoms with Crippen molar-refractivity contribution in [1.82, 2.24) is 25.0 Å². The first-order valence-electron chi connectivity index (χ1n) is 7.47. The van der Waals surface area contributed by atoms with Crippen LogP contribution in [0.1, 0.15) is 25.2 Å². The standard InChI is InChI=1S/C16H18N6O/c1-3-14(22-9-5-8-17-22)16(23)19-13-7-4-6-12(10-13)15-18-11(2)20-21-15/h4-10,14H,3H2,1-2H3,(H,19,23)(H,18,20,21). The molecule has 3 rings (SSSR count). The molecule has 1 aromatic carbocycles. The van der Waals surface area contributed by atoms with E-state index in [4.69, 9.17) is 0 Å². The fraction of sp³-hybridized carbons (Fsp3) is 0.250. The third kappa shape index (κ3) is 3.28. The minimum absolute atomic E-state index is 0.0977. The highest BCUT2D eigenvalue weighted by atomic mass is 16.2. The maximum atomic E-state index is 12.5. The number of carbonyl (C=O) groups is 1. The molecule has 0 aliphatic heterocycles. The van der Waals surface area contributed by atoms with Crippen molar-refractivity contribution in [2.45, 2.75) is 26.3 Å². The molecule has 1 amide bonds. The van der Waals surface area contributed by atoms with Crippen LogP contribution in [0.4, 0.5) is 5.69 Å². The van der Waals surface area contributed by atoms with Gasteiger partial charge in [0.1, 0.15) is 11.9 Å². The van der Waals surface area contributed by atoms with Crippen molar-refractivity contribution in [2.24, 2.45) is 0 Å². The maximum absolute atomic E-state index is 12.5. The Hall–Kier alpha value is -2.96. The van der Waals surface area contributed by atoms with E-state index in [-0.39, 0.29) is 11.9 Å². The molecule has 0 aliphatic carbocycles. The van der Waals surface area contributed by atoms with Gasteiger partial charge in [-0.3, -0.25) is 14.6 Å². The zero-order chi connectivity index (χ0) is 16.2. The molecule has 3 aromatic rings. The largest absolute Gasteiger partial charge is 0.324 e. The van der Waals surface area contributed by atoms with Gasteiger partial charge in [0.05, 0.1) is 0 Å². The number of rotatable bonds is 5. The summed E-state index contributed by atoms with van der Waals surface area (Å²) in [6.07, 6.45) is 4.12. The summed E-state index contributed by atoms with van der Waals surface area (Å²) in [4.78, 5) is 16.8. The third-order valence-corrected chi connectivity index (χ3v) is 3.52. The van der Waals surface area contributed by atoms with Gasteiger partial charge < -0.3 is 5.32 Å². The summed E-state index contributed by atoms with van der Waals surface area (Å²) < 4.78 is 1.66. The van der Waals surface area contributed by atoms with Crippen molar-refractivity contribution in [3.05, 3.63) is 48.5 Å². The van der Waals surface area contributed by atoms with Crippen molar-refractivity contribution in [3.63, 3.8) is 0 Å². The van der Waals surface area contributed by atoms with E-state index in [0.717, 1.165) is 11.4 Å². The average Bonchev–Trinajstić information content (AvgIpc) is 3.20. The molecule has 0 spiro atoms. The van der Waals surface area contributed by atoms with Gasteiger partial charge in [-0.1, -0.05) is 19.1 Å². The Morgan fingerprint density at radius 1 is 1.39 bits per heavy atom. The Kier molecular flexibility index (Phi) is 4.18. The van der Waals surface area contributed by atoms with E-state index in [9.17, 15) is 4.79 Å². The van der Waals surface area contributed by atoms with Gasteiger partial charge in [-0.25, -0.2) is 4.98 Å². The number of benzene rings is 1. The highest BCUT2D eigenvalue weighted by molar-refractivity contribution is 5.94. The van der Waals surface area contributed by atoms with Gasteiger partial charge in [0.2, 0.25) is 5.91 Å². The molecular formula is C16H18N6O. The molecule has 0 saturated carbocycles. The smallest absolute Gasteiger partial charge is 0.249 e. The molecule has 0 aliphatic rings. The Morgan fingerprint density at radius 3 is 2.91 bits per heavy atom. The van der Waals surface area contributed by atoms with Crippen LogP contribution in [0.2, 0.25) is 0 Å². The van der Waals surface area contributed by atoms with E-state index < -0.39 is 0 Å². The van der Waals surface area contributed by atoms with Crippen molar-refractivity contribution < 1.29 is 4.79 Å². The summed E-state index contributed by atoms with van der Waals surface area (Å²) in [6.45, 7) is 3.80. The van der Waals surface area contributed by atoms with Crippen LogP contribution >= 0.6 is 0 Å². The molecule has 0 saturated heterocycles. The van der Waals surface area contributed by atoms with Crippen LogP contribution in [0.15, 0.2) is 42.7 Å². The molecule has 0 radical (unpaired) electrons. The number of carbonyl (C=O) groups excluding carboxylic acids is 1. The quantitative estimate of drug-likeness (QED) is 0.758. The normalized spacial score (nSPS) is 12.1. The second kappa shape index (κ2) is 6.43. The fourth-order valence-electron chi connectivity index (χ4n) is 2.39. The summed E-state index contributed by atoms with van der Waals surface area (Å²) in [5.74, 6) is 1.26. The minimum Gasteiger partial charge on any atom is -0.324 e. The number of aromatic amines is 1. The predicted octanol–water partition coefficient (Wildman–Crippen LogP) is 2.57. The monoisotopic (exact) mass is 310 g/mol. The lowest BCUT2D eigenvalue weighted by Gasteiger charge is -2.15. The van der Waals surface area contributed by atoms with Crippen LogP contribution in [-0.4, -0.2) is 30.9 Å². The van der Waals surface area contributed by atoms with Gasteiger partial charge in [-0.15, -0.1) is 0 Å². The Bertz CT molecular complexity index is 793. The molecule has 23 heavy (non-hydrogen) atoms. The summed E-state index contributed by atoms with van der Waals surface area (Å²) in [7, 11) is 0. The number of aryl methyl sites for hydroxylation is 1. The summed E-state index contributed by atoms with van der Waals surface area (Å²) in [5, 5.41) is 14.0. The van der Waals surface area contributed by atoms with Crippen LogP contribution < -0.4 is 5.32 Å². The summed E-state index contributed by atoms with van der Waals surface area (Å²) >= 11 is 0. The van der Waals surface area contributed by atoms with Crippen LogP contribution in [0.5, 0.6) is 0 Å². The molecule has 2 aromatic heterocycles. The lowest BCUT2D eigenvalue weighted by atomic mass is 10.1. The molecule has 2 heterocycles. The summed E-state index contributed by atoms with van der Waals surface area (Å²) in [6, 6.07) is 8.95. The van der Waals surface area contributed by atoms with Crippen LogP contribution in [0.25, 0.3) is 11.4 Å². The van der Waals surface area contributed by atoms with E-state index in [1.807, 2.05) is 44.2 Å². The van der Waals surface area contributed by atoms with Crippen LogP contribution in [0, 0.1) is 6.92 Å². The SMILES string of the molecule is CCC(C(=O)Nc1cccc(-c2n[nH]c(C)n2)c1)n1cccn1. The number of aromatic nitrogens is 5. The number of amides is 1. The van der Waals surface area contributed by atoms with Gasteiger partial charge in [-0.05, 0) is 31.5 Å². The first-order chi connectivity index (χ1) is 11.2. The van der Waals surface area contributed by atoms with Gasteiger partial charge in [0.25, 0.3) is 0 Å². The number of H-pyrrole nitrogens is 1. The molecule has 1 unspecified atom stereocenters. The summed E-state index contributed by atoms with van der Waals surface area (Å²) in [5.41, 5.74) is 1.56. The zero-order valence-corrected chi connectivity index (χ0v) is 13.0. The Balaban J connectivity index is 1.78. The van der Waals surface area contributed by atoms with Crippen molar-refractivity contribution in [1.29, 1.82) is 0 Å². The predicted molar refractivity (Wildman–Crippen MR) is 86.7 cm³/mol. The second-order valence-electron chi connectivity index (χ2n) is 5.22. The molecule has 1 atom stereocenters. The van der Waals surface area contributed by atoms with Crippen molar-refractivity contribution >= 4 is 11.6 Å². The minimum atomic E-state index is -0.334. The number of hydrogen-bond acceptors (Lipinski definition) is 4. The van der Waals surface area contributed by atoms with E-state index in [1.54, 1.807) is 17.1 Å². The molecule has 118 valence electrons. The fourth-order valence-corrected chi connectivity index (χ4v) is 2.39. The highest BCUT2D eigenvalue weighted by Gasteiger charge is 2.18.